The number of rotatable bonds is 6. The first kappa shape index (κ1) is 17.3. The average Bonchev–Trinajstić information content (AvgIpc) is 3.24. The van der Waals surface area contributed by atoms with Crippen molar-refractivity contribution in [2.45, 2.75) is 58.0 Å². The predicted octanol–water partition coefficient (Wildman–Crippen LogP) is 4.58. The fourth-order valence-electron chi connectivity index (χ4n) is 4.85. The van der Waals surface area contributed by atoms with Crippen LogP contribution in [0.2, 0.25) is 5.02 Å². The van der Waals surface area contributed by atoms with Crippen molar-refractivity contribution >= 4 is 11.6 Å². The highest BCUT2D eigenvalue weighted by Crippen LogP contribution is 2.70. The lowest BCUT2D eigenvalue weighted by molar-refractivity contribution is 0.00725. The first-order chi connectivity index (χ1) is 11.0. The minimum absolute atomic E-state index is 0.237. The topological polar surface area (TPSA) is 21.3 Å². The van der Waals surface area contributed by atoms with Crippen molar-refractivity contribution in [1.29, 1.82) is 0 Å². The van der Waals surface area contributed by atoms with Gasteiger partial charge in [-0.1, -0.05) is 44.5 Å². The Hall–Kier alpha value is -0.570. The highest BCUT2D eigenvalue weighted by atomic mass is 35.5. The minimum Gasteiger partial charge on any atom is -0.381 e. The average molecular weight is 336 g/mol. The van der Waals surface area contributed by atoms with Crippen molar-refractivity contribution in [2.75, 3.05) is 20.2 Å². The van der Waals surface area contributed by atoms with Crippen molar-refractivity contribution in [2.24, 2.45) is 11.3 Å². The Morgan fingerprint density at radius 3 is 2.74 bits per heavy atom. The third-order valence-electron chi connectivity index (χ3n) is 6.19. The fraction of sp³-hybridized carbons (Fsp3) is 0.700. The first-order valence-electron chi connectivity index (χ1n) is 9.01. The Labute approximate surface area is 145 Å². The molecule has 3 unspecified atom stereocenters. The number of ether oxygens (including phenoxy) is 1. The second-order valence-electron chi connectivity index (χ2n) is 7.86. The lowest BCUT2D eigenvalue weighted by Crippen LogP contribution is -2.46. The molecule has 23 heavy (non-hydrogen) atoms. The lowest BCUT2D eigenvalue weighted by atomic mass is 9.76. The summed E-state index contributed by atoms with van der Waals surface area (Å²) in [5.41, 5.74) is 3.16. The van der Waals surface area contributed by atoms with E-state index in [0.29, 0.717) is 12.0 Å². The molecule has 3 heteroatoms. The number of piperidine rings is 1. The van der Waals surface area contributed by atoms with E-state index in [2.05, 4.69) is 44.3 Å². The predicted molar refractivity (Wildman–Crippen MR) is 97.3 cm³/mol. The smallest absolute Gasteiger partial charge is 0.0651 e. The van der Waals surface area contributed by atoms with Gasteiger partial charge in [-0.05, 0) is 55.3 Å². The van der Waals surface area contributed by atoms with Gasteiger partial charge in [-0.15, -0.1) is 0 Å². The van der Waals surface area contributed by atoms with E-state index in [-0.39, 0.29) is 10.8 Å². The molecule has 1 aromatic rings. The Morgan fingerprint density at radius 1 is 1.35 bits per heavy atom. The van der Waals surface area contributed by atoms with Gasteiger partial charge in [0.25, 0.3) is 0 Å². The lowest BCUT2D eigenvalue weighted by Gasteiger charge is -2.37. The van der Waals surface area contributed by atoms with Crippen molar-refractivity contribution < 1.29 is 4.74 Å². The molecule has 1 aliphatic carbocycles. The quantitative estimate of drug-likeness (QED) is 0.821. The molecule has 0 radical (unpaired) electrons. The second kappa shape index (κ2) is 6.38. The molecule has 0 spiro atoms. The van der Waals surface area contributed by atoms with Crippen molar-refractivity contribution in [1.82, 2.24) is 5.32 Å². The fourth-order valence-corrected chi connectivity index (χ4v) is 5.17. The third-order valence-corrected chi connectivity index (χ3v) is 6.54. The summed E-state index contributed by atoms with van der Waals surface area (Å²) in [4.78, 5) is 0. The number of hydrogen-bond acceptors (Lipinski definition) is 2. The van der Waals surface area contributed by atoms with E-state index >= 15 is 0 Å². The van der Waals surface area contributed by atoms with E-state index in [1.807, 2.05) is 7.11 Å². The van der Waals surface area contributed by atoms with E-state index in [4.69, 9.17) is 16.3 Å². The largest absolute Gasteiger partial charge is 0.381 e. The van der Waals surface area contributed by atoms with Crippen LogP contribution in [0.4, 0.5) is 0 Å². The zero-order valence-corrected chi connectivity index (χ0v) is 15.7. The second-order valence-corrected chi connectivity index (χ2v) is 8.26. The Kier molecular flexibility index (Phi) is 4.79. The summed E-state index contributed by atoms with van der Waals surface area (Å²) in [6.45, 7) is 8.89. The van der Waals surface area contributed by atoms with Crippen LogP contribution in [-0.4, -0.2) is 26.3 Å². The van der Waals surface area contributed by atoms with Gasteiger partial charge in [0.2, 0.25) is 0 Å². The van der Waals surface area contributed by atoms with Crippen molar-refractivity contribution in [3.63, 3.8) is 0 Å². The molecule has 1 aliphatic heterocycles. The molecular formula is C20H30ClNO. The van der Waals surface area contributed by atoms with Gasteiger partial charge in [0.05, 0.1) is 6.10 Å². The van der Waals surface area contributed by atoms with E-state index in [1.54, 1.807) is 0 Å². The number of halogens is 1. The van der Waals surface area contributed by atoms with E-state index in [1.165, 1.54) is 24.0 Å². The molecule has 1 N–H and O–H groups in total. The third kappa shape index (κ3) is 2.73. The van der Waals surface area contributed by atoms with E-state index < -0.39 is 0 Å². The number of aryl methyl sites for hydroxylation is 1. The Balaban J connectivity index is 1.95. The summed E-state index contributed by atoms with van der Waals surface area (Å²) in [5, 5.41) is 4.55. The summed E-state index contributed by atoms with van der Waals surface area (Å²) in [5.74, 6) is 0.653. The van der Waals surface area contributed by atoms with Crippen LogP contribution in [0.3, 0.4) is 0 Å². The van der Waals surface area contributed by atoms with Gasteiger partial charge in [-0.3, -0.25) is 0 Å². The molecular weight excluding hydrogens is 306 g/mol. The number of fused-ring (bicyclic) bond motifs is 1. The van der Waals surface area contributed by atoms with Crippen molar-refractivity contribution in [3.8, 4) is 0 Å². The van der Waals surface area contributed by atoms with Gasteiger partial charge in [-0.25, -0.2) is 0 Å². The molecule has 2 aliphatic rings. The van der Waals surface area contributed by atoms with E-state index in [9.17, 15) is 0 Å². The van der Waals surface area contributed by atoms with Gasteiger partial charge in [0.15, 0.2) is 0 Å². The van der Waals surface area contributed by atoms with Gasteiger partial charge < -0.3 is 10.1 Å². The van der Waals surface area contributed by atoms with Crippen LogP contribution in [-0.2, 0) is 16.6 Å². The number of methoxy groups -OCH3 is 1. The summed E-state index contributed by atoms with van der Waals surface area (Å²) < 4.78 is 5.99. The maximum Gasteiger partial charge on any atom is 0.0651 e. The van der Waals surface area contributed by atoms with Crippen molar-refractivity contribution in [3.05, 3.63) is 34.3 Å². The molecule has 3 rings (SSSR count). The van der Waals surface area contributed by atoms with Crippen LogP contribution in [0.1, 0.15) is 51.2 Å². The monoisotopic (exact) mass is 335 g/mol. The zero-order chi connectivity index (χ0) is 16.7. The van der Waals surface area contributed by atoms with Crippen LogP contribution in [0.15, 0.2) is 18.2 Å². The maximum atomic E-state index is 6.53. The Bertz CT molecular complexity index is 573. The van der Waals surface area contributed by atoms with Gasteiger partial charge in [-0.2, -0.15) is 0 Å². The standard InChI is InChI=1S/C20H30ClNO/c1-5-15-6-7-16(11-17(15)21)19-8-9-22-13-20(19,12-19)18(23-4)10-14(2)3/h6-7,11,14,18,22H,5,8-10,12-13H2,1-4H3. The molecule has 128 valence electrons. The molecule has 1 saturated heterocycles. The van der Waals surface area contributed by atoms with Gasteiger partial charge >= 0.3 is 0 Å². The number of benzene rings is 1. The SMILES string of the molecule is CCc1ccc(C23CCNCC2(C(CC(C)C)OC)C3)cc1Cl. The number of nitrogens with one attached hydrogen (secondary N) is 1. The molecule has 0 aromatic heterocycles. The van der Waals surface area contributed by atoms with Gasteiger partial charge in [0, 0.05) is 29.5 Å². The summed E-state index contributed by atoms with van der Waals surface area (Å²) in [6, 6.07) is 6.78. The van der Waals surface area contributed by atoms with Crippen LogP contribution < -0.4 is 5.32 Å². The molecule has 2 nitrogen and oxygen atoms in total. The van der Waals surface area contributed by atoms with Crippen LogP contribution >= 0.6 is 11.6 Å². The molecule has 1 heterocycles. The molecule has 3 atom stereocenters. The maximum absolute atomic E-state index is 6.53. The minimum atomic E-state index is 0.237. The van der Waals surface area contributed by atoms with E-state index in [0.717, 1.165) is 31.0 Å². The van der Waals surface area contributed by atoms with Crippen LogP contribution in [0, 0.1) is 11.3 Å². The molecule has 0 bridgehead atoms. The van der Waals surface area contributed by atoms with Crippen LogP contribution in [0.25, 0.3) is 0 Å². The van der Waals surface area contributed by atoms with Crippen LogP contribution in [0.5, 0.6) is 0 Å². The Morgan fingerprint density at radius 2 is 2.13 bits per heavy atom. The highest BCUT2D eigenvalue weighted by Gasteiger charge is 2.71. The first-order valence-corrected chi connectivity index (χ1v) is 9.39. The summed E-state index contributed by atoms with van der Waals surface area (Å²) >= 11 is 6.53. The number of hydrogen-bond donors (Lipinski definition) is 1. The molecule has 0 amide bonds. The summed E-state index contributed by atoms with van der Waals surface area (Å²) in [6.07, 6.45) is 4.85. The summed E-state index contributed by atoms with van der Waals surface area (Å²) in [7, 11) is 1.88. The van der Waals surface area contributed by atoms with Gasteiger partial charge in [0.1, 0.15) is 0 Å². The highest BCUT2D eigenvalue weighted by molar-refractivity contribution is 6.31. The molecule has 1 aromatic carbocycles. The molecule has 2 fully saturated rings. The normalized spacial score (nSPS) is 31.0. The molecule has 1 saturated carbocycles. The zero-order valence-electron chi connectivity index (χ0n) is 14.9.